The van der Waals surface area contributed by atoms with E-state index < -0.39 is 0 Å². The van der Waals surface area contributed by atoms with Crippen molar-refractivity contribution in [2.45, 2.75) is 0 Å². The van der Waals surface area contributed by atoms with Crippen LogP contribution in [-0.2, 0) is 0 Å². The molecule has 1 heterocycles. The zero-order valence-electron chi connectivity index (χ0n) is 10.6. The van der Waals surface area contributed by atoms with Gasteiger partial charge in [-0.3, -0.25) is 0 Å². The minimum absolute atomic E-state index is 0.665. The van der Waals surface area contributed by atoms with Gasteiger partial charge in [-0.15, -0.1) is 0 Å². The second-order valence-corrected chi connectivity index (χ2v) is 4.52. The Hall–Kier alpha value is -2.00. The van der Waals surface area contributed by atoms with Gasteiger partial charge in [0.25, 0.3) is 0 Å². The summed E-state index contributed by atoms with van der Waals surface area (Å²) in [5, 5.41) is 2.42. The van der Waals surface area contributed by atoms with E-state index in [2.05, 4.69) is 4.98 Å². The summed E-state index contributed by atoms with van der Waals surface area (Å²) in [5.74, 6) is 1.40. The molecule has 0 aliphatic carbocycles. The van der Waals surface area contributed by atoms with Crippen LogP contribution in [-0.4, -0.2) is 19.2 Å². The predicted molar refractivity (Wildman–Crippen MR) is 77.4 cm³/mol. The summed E-state index contributed by atoms with van der Waals surface area (Å²) in [7, 11) is 3.24. The summed E-state index contributed by atoms with van der Waals surface area (Å²) in [6.45, 7) is 0. The van der Waals surface area contributed by atoms with Gasteiger partial charge in [0.2, 0.25) is 0 Å². The number of hydrogen-bond acceptors (Lipinski definition) is 3. The molecule has 19 heavy (non-hydrogen) atoms. The lowest BCUT2D eigenvalue weighted by molar-refractivity contribution is 0.417. The topological polar surface area (TPSA) is 31.4 Å². The van der Waals surface area contributed by atoms with Gasteiger partial charge in [-0.1, -0.05) is 35.9 Å². The van der Waals surface area contributed by atoms with Crippen molar-refractivity contribution < 1.29 is 9.47 Å². The Labute approximate surface area is 115 Å². The Morgan fingerprint density at radius 1 is 0.842 bits per heavy atom. The van der Waals surface area contributed by atoms with Gasteiger partial charge in [-0.2, -0.15) is 0 Å². The first-order valence-electron chi connectivity index (χ1n) is 5.85. The molecule has 1 aromatic heterocycles. The van der Waals surface area contributed by atoms with Gasteiger partial charge in [0.1, 0.15) is 22.5 Å². The lowest BCUT2D eigenvalue weighted by Crippen LogP contribution is -1.92. The molecule has 0 bridgehead atoms. The number of rotatable bonds is 2. The third kappa shape index (κ3) is 1.78. The van der Waals surface area contributed by atoms with Crippen LogP contribution < -0.4 is 9.47 Å². The van der Waals surface area contributed by atoms with Gasteiger partial charge >= 0.3 is 0 Å². The van der Waals surface area contributed by atoms with E-state index in [0.717, 1.165) is 21.8 Å². The molecule has 3 rings (SSSR count). The molecule has 0 aliphatic rings. The van der Waals surface area contributed by atoms with Gasteiger partial charge < -0.3 is 9.47 Å². The predicted octanol–water partition coefficient (Wildman–Crippen LogP) is 4.06. The maximum absolute atomic E-state index is 6.48. The third-order valence-electron chi connectivity index (χ3n) is 3.13. The highest BCUT2D eigenvalue weighted by Gasteiger charge is 2.13. The monoisotopic (exact) mass is 273 g/mol. The molecular formula is C15H12ClNO2. The van der Waals surface area contributed by atoms with Crippen LogP contribution in [0.1, 0.15) is 0 Å². The molecular weight excluding hydrogens is 262 g/mol. The van der Waals surface area contributed by atoms with Crippen molar-refractivity contribution >= 4 is 33.4 Å². The minimum Gasteiger partial charge on any atom is -0.494 e. The molecule has 3 aromatic rings. The first-order chi connectivity index (χ1) is 9.26. The van der Waals surface area contributed by atoms with Crippen LogP contribution in [0, 0.1) is 0 Å². The Kier molecular flexibility index (Phi) is 2.91. The SMILES string of the molecule is COc1cccc2c(Cl)c3cccc(OC)c3nc12. The number of methoxy groups -OCH3 is 2. The molecule has 0 fully saturated rings. The van der Waals surface area contributed by atoms with Crippen molar-refractivity contribution in [3.05, 3.63) is 41.4 Å². The maximum Gasteiger partial charge on any atom is 0.145 e. The molecule has 0 radical (unpaired) electrons. The van der Waals surface area contributed by atoms with E-state index in [0.29, 0.717) is 16.5 Å². The van der Waals surface area contributed by atoms with E-state index in [1.807, 2.05) is 36.4 Å². The van der Waals surface area contributed by atoms with Gasteiger partial charge in [0.15, 0.2) is 0 Å². The van der Waals surface area contributed by atoms with Crippen LogP contribution in [0.2, 0.25) is 5.02 Å². The second kappa shape index (κ2) is 4.59. The molecule has 0 saturated carbocycles. The van der Waals surface area contributed by atoms with Crippen molar-refractivity contribution in [2.75, 3.05) is 14.2 Å². The van der Waals surface area contributed by atoms with Crippen molar-refractivity contribution in [1.82, 2.24) is 4.98 Å². The van der Waals surface area contributed by atoms with E-state index in [1.54, 1.807) is 14.2 Å². The summed E-state index contributed by atoms with van der Waals surface area (Å²) >= 11 is 6.48. The number of ether oxygens (including phenoxy) is 2. The highest BCUT2D eigenvalue weighted by atomic mass is 35.5. The molecule has 0 spiro atoms. The molecule has 0 unspecified atom stereocenters. The molecule has 0 amide bonds. The van der Waals surface area contributed by atoms with E-state index in [1.165, 1.54) is 0 Å². The summed E-state index contributed by atoms with van der Waals surface area (Å²) in [5.41, 5.74) is 1.49. The molecule has 4 heteroatoms. The van der Waals surface area contributed by atoms with E-state index >= 15 is 0 Å². The normalized spacial score (nSPS) is 10.9. The maximum atomic E-state index is 6.48. The summed E-state index contributed by atoms with van der Waals surface area (Å²) in [6.07, 6.45) is 0. The largest absolute Gasteiger partial charge is 0.494 e. The van der Waals surface area contributed by atoms with Crippen LogP contribution in [0.5, 0.6) is 11.5 Å². The Balaban J connectivity index is 2.53. The summed E-state index contributed by atoms with van der Waals surface area (Å²) in [4.78, 5) is 4.65. The van der Waals surface area contributed by atoms with Gasteiger partial charge in [0.05, 0.1) is 19.2 Å². The molecule has 0 N–H and O–H groups in total. The average molecular weight is 274 g/mol. The number of para-hydroxylation sites is 2. The van der Waals surface area contributed by atoms with Gasteiger partial charge in [0, 0.05) is 10.8 Å². The van der Waals surface area contributed by atoms with Crippen molar-refractivity contribution in [3.63, 3.8) is 0 Å². The number of fused-ring (bicyclic) bond motifs is 2. The highest BCUT2D eigenvalue weighted by Crippen LogP contribution is 2.37. The minimum atomic E-state index is 0.665. The number of nitrogens with zero attached hydrogens (tertiary/aromatic N) is 1. The molecule has 0 atom stereocenters. The fourth-order valence-corrected chi connectivity index (χ4v) is 2.52. The summed E-state index contributed by atoms with van der Waals surface area (Å²) < 4.78 is 10.7. The van der Waals surface area contributed by atoms with Crippen LogP contribution in [0.25, 0.3) is 21.8 Å². The second-order valence-electron chi connectivity index (χ2n) is 4.14. The lowest BCUT2D eigenvalue weighted by Gasteiger charge is -2.10. The first kappa shape index (κ1) is 12.1. The smallest absolute Gasteiger partial charge is 0.145 e. The number of benzene rings is 2. The highest BCUT2D eigenvalue weighted by molar-refractivity contribution is 6.40. The standard InChI is InChI=1S/C15H12ClNO2/c1-18-11-7-3-5-9-13(16)10-6-4-8-12(19-2)15(10)17-14(9)11/h3-8H,1-2H3. The lowest BCUT2D eigenvalue weighted by atomic mass is 10.1. The number of halogens is 1. The van der Waals surface area contributed by atoms with Crippen LogP contribution in [0.3, 0.4) is 0 Å². The zero-order chi connectivity index (χ0) is 13.4. The third-order valence-corrected chi connectivity index (χ3v) is 3.54. The molecule has 96 valence electrons. The molecule has 2 aromatic carbocycles. The average Bonchev–Trinajstić information content (AvgIpc) is 2.46. The summed E-state index contributed by atoms with van der Waals surface area (Å²) in [6, 6.07) is 11.4. The van der Waals surface area contributed by atoms with Crippen molar-refractivity contribution in [1.29, 1.82) is 0 Å². The number of hydrogen-bond donors (Lipinski definition) is 0. The van der Waals surface area contributed by atoms with Crippen LogP contribution in [0.15, 0.2) is 36.4 Å². The van der Waals surface area contributed by atoms with Gasteiger partial charge in [-0.05, 0) is 12.1 Å². The molecule has 0 saturated heterocycles. The Bertz CT molecular complexity index is 709. The van der Waals surface area contributed by atoms with E-state index in [4.69, 9.17) is 21.1 Å². The number of aromatic nitrogens is 1. The van der Waals surface area contributed by atoms with Gasteiger partial charge in [-0.25, -0.2) is 4.98 Å². The molecule has 3 nitrogen and oxygen atoms in total. The van der Waals surface area contributed by atoms with Crippen LogP contribution >= 0.6 is 11.6 Å². The Morgan fingerprint density at radius 2 is 1.32 bits per heavy atom. The molecule has 0 aliphatic heterocycles. The fourth-order valence-electron chi connectivity index (χ4n) is 2.22. The number of pyridine rings is 1. The van der Waals surface area contributed by atoms with E-state index in [9.17, 15) is 0 Å². The van der Waals surface area contributed by atoms with Crippen molar-refractivity contribution in [3.8, 4) is 11.5 Å². The zero-order valence-corrected chi connectivity index (χ0v) is 11.4. The fraction of sp³-hybridized carbons (Fsp3) is 0.133. The quantitative estimate of drug-likeness (QED) is 0.660. The first-order valence-corrected chi connectivity index (χ1v) is 6.23. The van der Waals surface area contributed by atoms with Crippen molar-refractivity contribution in [2.24, 2.45) is 0 Å². The Morgan fingerprint density at radius 3 is 1.74 bits per heavy atom. The van der Waals surface area contributed by atoms with E-state index in [-0.39, 0.29) is 0 Å². The van der Waals surface area contributed by atoms with Crippen LogP contribution in [0.4, 0.5) is 0 Å².